The summed E-state index contributed by atoms with van der Waals surface area (Å²) in [5.41, 5.74) is 0.995. The van der Waals surface area contributed by atoms with Gasteiger partial charge in [-0.1, -0.05) is 0 Å². The molecule has 0 aliphatic rings. The number of rotatable bonds is 4. The van der Waals surface area contributed by atoms with Crippen LogP contribution in [0.1, 0.15) is 11.5 Å². The fourth-order valence-electron chi connectivity index (χ4n) is 1.52. The van der Waals surface area contributed by atoms with Crippen LogP contribution in [0.3, 0.4) is 0 Å². The minimum absolute atomic E-state index is 0.116. The summed E-state index contributed by atoms with van der Waals surface area (Å²) < 4.78 is 4.07. The minimum atomic E-state index is -0.116. The highest BCUT2D eigenvalue weighted by molar-refractivity contribution is 7.71. The molecule has 2 aromatic heterocycles. The van der Waals surface area contributed by atoms with Gasteiger partial charge in [-0.3, -0.25) is 9.78 Å². The van der Waals surface area contributed by atoms with Gasteiger partial charge in [0.2, 0.25) is 0 Å². The topological polar surface area (TPSA) is 71.7 Å². The van der Waals surface area contributed by atoms with Crippen molar-refractivity contribution in [2.75, 3.05) is 0 Å². The van der Waals surface area contributed by atoms with Gasteiger partial charge in [0.15, 0.2) is 10.6 Å². The van der Waals surface area contributed by atoms with Crippen LogP contribution in [0.4, 0.5) is 0 Å². The Kier molecular flexibility index (Phi) is 3.16. The average Bonchev–Trinajstić information content (AvgIpc) is 2.82. The number of hydrogen-bond acceptors (Lipinski definition) is 4. The summed E-state index contributed by atoms with van der Waals surface area (Å²) in [6.45, 7) is 0.553. The first-order valence-corrected chi connectivity index (χ1v) is 5.35. The Morgan fingerprint density at radius 3 is 3.00 bits per heavy atom. The van der Waals surface area contributed by atoms with Crippen LogP contribution in [-0.2, 0) is 26.6 Å². The third-order valence-electron chi connectivity index (χ3n) is 2.34. The number of aliphatic hydroxyl groups excluding tert-OH is 1. The number of nitrogens with zero attached hydrogens (tertiary/aromatic N) is 4. The second kappa shape index (κ2) is 4.58. The summed E-state index contributed by atoms with van der Waals surface area (Å²) in [6.07, 6.45) is 2.67. The molecule has 0 spiro atoms. The number of aromatic nitrogens is 5. The number of nitrogens with one attached hydrogen (secondary N) is 1. The van der Waals surface area contributed by atoms with Crippen LogP contribution >= 0.6 is 12.2 Å². The number of H-pyrrole nitrogens is 1. The Morgan fingerprint density at radius 1 is 1.56 bits per heavy atom. The number of aromatic amines is 1. The van der Waals surface area contributed by atoms with E-state index in [4.69, 9.17) is 17.3 Å². The van der Waals surface area contributed by atoms with Gasteiger partial charge in [-0.15, -0.1) is 0 Å². The lowest BCUT2D eigenvalue weighted by atomic mass is 10.3. The van der Waals surface area contributed by atoms with Crippen molar-refractivity contribution in [2.24, 2.45) is 7.05 Å². The van der Waals surface area contributed by atoms with Crippen LogP contribution in [0.2, 0.25) is 0 Å². The summed E-state index contributed by atoms with van der Waals surface area (Å²) in [5, 5.41) is 19.9. The molecule has 2 heterocycles. The maximum atomic E-state index is 9.06. The van der Waals surface area contributed by atoms with E-state index in [2.05, 4.69) is 15.3 Å². The lowest BCUT2D eigenvalue weighted by Gasteiger charge is -2.02. The van der Waals surface area contributed by atoms with E-state index >= 15 is 0 Å². The summed E-state index contributed by atoms with van der Waals surface area (Å²) in [4.78, 5) is 0. The highest BCUT2D eigenvalue weighted by Gasteiger charge is 2.05. The first-order chi connectivity index (χ1) is 7.70. The van der Waals surface area contributed by atoms with Gasteiger partial charge in [0.1, 0.15) is 6.61 Å². The first-order valence-electron chi connectivity index (χ1n) is 4.94. The van der Waals surface area contributed by atoms with Crippen molar-refractivity contribution in [2.45, 2.75) is 19.6 Å². The van der Waals surface area contributed by atoms with E-state index in [1.54, 1.807) is 9.25 Å². The molecule has 0 bridgehead atoms. The molecule has 0 aliphatic heterocycles. The molecule has 6 nitrogen and oxygen atoms in total. The Balaban J connectivity index is 2.09. The van der Waals surface area contributed by atoms with Gasteiger partial charge < -0.3 is 9.67 Å². The normalized spacial score (nSPS) is 10.9. The number of aryl methyl sites for hydroxylation is 2. The zero-order valence-electron chi connectivity index (χ0n) is 8.92. The lowest BCUT2D eigenvalue weighted by molar-refractivity contribution is 0.264. The molecule has 0 atom stereocenters. The Bertz CT molecular complexity index is 526. The predicted molar refractivity (Wildman–Crippen MR) is 60.2 cm³/mol. The van der Waals surface area contributed by atoms with Crippen molar-refractivity contribution in [3.8, 4) is 0 Å². The Morgan fingerprint density at radius 2 is 2.38 bits per heavy atom. The molecule has 0 aromatic carbocycles. The van der Waals surface area contributed by atoms with Crippen LogP contribution in [-0.4, -0.2) is 29.7 Å². The molecule has 2 rings (SSSR count). The summed E-state index contributed by atoms with van der Waals surface area (Å²) in [5.74, 6) is 0.556. The Hall–Kier alpha value is -1.47. The van der Waals surface area contributed by atoms with Crippen molar-refractivity contribution in [1.29, 1.82) is 0 Å². The van der Waals surface area contributed by atoms with Crippen molar-refractivity contribution >= 4 is 12.2 Å². The molecule has 0 amide bonds. The maximum Gasteiger partial charge on any atom is 0.195 e. The van der Waals surface area contributed by atoms with Gasteiger partial charge in [-0.2, -0.15) is 10.2 Å². The van der Waals surface area contributed by atoms with Gasteiger partial charge in [0, 0.05) is 26.2 Å². The monoisotopic (exact) mass is 239 g/mol. The fraction of sp³-hybridized carbons (Fsp3) is 0.444. The molecule has 2 N–H and O–H groups in total. The average molecular weight is 239 g/mol. The van der Waals surface area contributed by atoms with Crippen LogP contribution < -0.4 is 0 Å². The zero-order valence-corrected chi connectivity index (χ0v) is 9.74. The van der Waals surface area contributed by atoms with E-state index in [9.17, 15) is 0 Å². The number of aliphatic hydroxyl groups is 1. The molecule has 0 aliphatic carbocycles. The predicted octanol–water partition coefficient (Wildman–Crippen LogP) is 0.409. The zero-order chi connectivity index (χ0) is 11.5. The molecule has 7 heteroatoms. The molecule has 0 unspecified atom stereocenters. The molecule has 16 heavy (non-hydrogen) atoms. The summed E-state index contributed by atoms with van der Waals surface area (Å²) >= 11 is 5.07. The lowest BCUT2D eigenvalue weighted by Crippen LogP contribution is -2.07. The molecular formula is C9H13N5OS. The fourth-order valence-corrected chi connectivity index (χ4v) is 1.77. The van der Waals surface area contributed by atoms with Crippen molar-refractivity contribution < 1.29 is 5.11 Å². The Labute approximate surface area is 97.5 Å². The van der Waals surface area contributed by atoms with E-state index in [1.165, 1.54) is 0 Å². The van der Waals surface area contributed by atoms with Gasteiger partial charge in [-0.25, -0.2) is 0 Å². The second-order valence-electron chi connectivity index (χ2n) is 3.49. The quantitative estimate of drug-likeness (QED) is 0.758. The molecule has 86 valence electrons. The van der Waals surface area contributed by atoms with Crippen LogP contribution in [0.15, 0.2) is 12.3 Å². The van der Waals surface area contributed by atoms with Crippen molar-refractivity contribution in [1.82, 2.24) is 24.5 Å². The van der Waals surface area contributed by atoms with Gasteiger partial charge >= 0.3 is 0 Å². The molecular weight excluding hydrogens is 226 g/mol. The standard InChI is InChI=1S/C9H13N5OS/c1-13-4-2-7(12-13)3-5-14-8(6-15)10-11-9(14)16/h2,4,15H,3,5-6H2,1H3,(H,11,16). The smallest absolute Gasteiger partial charge is 0.195 e. The first kappa shape index (κ1) is 11.0. The molecule has 0 saturated carbocycles. The van der Waals surface area contributed by atoms with E-state index in [0.29, 0.717) is 17.1 Å². The highest BCUT2D eigenvalue weighted by Crippen LogP contribution is 2.02. The maximum absolute atomic E-state index is 9.06. The van der Waals surface area contributed by atoms with Crippen LogP contribution in [0.5, 0.6) is 0 Å². The van der Waals surface area contributed by atoms with Gasteiger partial charge in [-0.05, 0) is 18.3 Å². The van der Waals surface area contributed by atoms with Crippen LogP contribution in [0.25, 0.3) is 0 Å². The SMILES string of the molecule is Cn1ccc(CCn2c(CO)n[nH]c2=S)n1. The largest absolute Gasteiger partial charge is 0.388 e. The highest BCUT2D eigenvalue weighted by atomic mass is 32.1. The van der Waals surface area contributed by atoms with Gasteiger partial charge in [0.05, 0.1) is 5.69 Å². The summed E-state index contributed by atoms with van der Waals surface area (Å²) in [6, 6.07) is 1.96. The molecule has 0 fully saturated rings. The molecule has 0 saturated heterocycles. The van der Waals surface area contributed by atoms with Gasteiger partial charge in [0.25, 0.3) is 0 Å². The minimum Gasteiger partial charge on any atom is -0.388 e. The molecule has 2 aromatic rings. The second-order valence-corrected chi connectivity index (χ2v) is 3.87. The van der Waals surface area contributed by atoms with E-state index in [-0.39, 0.29) is 6.61 Å². The molecule has 0 radical (unpaired) electrons. The number of hydrogen-bond donors (Lipinski definition) is 2. The van der Waals surface area contributed by atoms with E-state index in [1.807, 2.05) is 19.3 Å². The van der Waals surface area contributed by atoms with Crippen LogP contribution in [0, 0.1) is 4.77 Å². The van der Waals surface area contributed by atoms with E-state index in [0.717, 1.165) is 12.1 Å². The third-order valence-corrected chi connectivity index (χ3v) is 2.65. The summed E-state index contributed by atoms with van der Waals surface area (Å²) in [7, 11) is 1.88. The third kappa shape index (κ3) is 2.20. The van der Waals surface area contributed by atoms with Crippen molar-refractivity contribution in [3.05, 3.63) is 28.6 Å². The van der Waals surface area contributed by atoms with E-state index < -0.39 is 0 Å². The van der Waals surface area contributed by atoms with Crippen molar-refractivity contribution in [3.63, 3.8) is 0 Å².